The van der Waals surface area contributed by atoms with Crippen molar-refractivity contribution in [3.8, 4) is 17.1 Å². The summed E-state index contributed by atoms with van der Waals surface area (Å²) in [5.74, 6) is 3.57. The maximum atomic E-state index is 12.4. The van der Waals surface area contributed by atoms with Crippen LogP contribution < -0.4 is 15.4 Å². The molecule has 5 rings (SSSR count). The summed E-state index contributed by atoms with van der Waals surface area (Å²) in [5, 5.41) is 10.6. The predicted molar refractivity (Wildman–Crippen MR) is 127 cm³/mol. The van der Waals surface area contributed by atoms with Crippen LogP contribution in [0.2, 0.25) is 0 Å². The van der Waals surface area contributed by atoms with Crippen LogP contribution in [0.15, 0.2) is 35.6 Å². The van der Waals surface area contributed by atoms with Crippen molar-refractivity contribution in [1.82, 2.24) is 24.6 Å². The van der Waals surface area contributed by atoms with Crippen molar-refractivity contribution in [3.63, 3.8) is 0 Å². The van der Waals surface area contributed by atoms with Gasteiger partial charge in [-0.1, -0.05) is 6.07 Å². The number of carbonyl (C=O) groups is 1. The van der Waals surface area contributed by atoms with Crippen molar-refractivity contribution in [1.29, 1.82) is 0 Å². The zero-order valence-corrected chi connectivity index (χ0v) is 18.9. The Labute approximate surface area is 195 Å². The van der Waals surface area contributed by atoms with Crippen LogP contribution in [0.4, 0.5) is 23.0 Å². The molecule has 1 aliphatic heterocycles. The number of para-hydroxylation sites is 1. The second-order valence-corrected chi connectivity index (χ2v) is 8.08. The van der Waals surface area contributed by atoms with E-state index in [1.807, 2.05) is 24.1 Å². The normalized spacial score (nSPS) is 14.4. The summed E-state index contributed by atoms with van der Waals surface area (Å²) in [7, 11) is 5.05. The highest BCUT2D eigenvalue weighted by molar-refractivity contribution is 6.03. The Bertz CT molecular complexity index is 1370. The van der Waals surface area contributed by atoms with Gasteiger partial charge in [-0.15, -0.1) is 0 Å². The molecule has 1 aromatic carbocycles. The highest BCUT2D eigenvalue weighted by atomic mass is 16.5. The molecule has 1 aliphatic carbocycles. The van der Waals surface area contributed by atoms with E-state index >= 15 is 0 Å². The smallest absolute Gasteiger partial charge is 0.228 e. The number of carbonyl (C=O) groups excluding carboxylic acids is 2. The van der Waals surface area contributed by atoms with Crippen LogP contribution in [0.3, 0.4) is 0 Å². The number of hydrogen-bond acceptors (Lipinski definition) is 9. The summed E-state index contributed by atoms with van der Waals surface area (Å²) in [5.41, 5.74) is 2.55. The average molecular weight is 458 g/mol. The molecular formula is C23H22N8O3. The lowest BCUT2D eigenvalue weighted by atomic mass is 10.1. The van der Waals surface area contributed by atoms with Gasteiger partial charge in [0.1, 0.15) is 17.8 Å². The van der Waals surface area contributed by atoms with E-state index in [9.17, 15) is 9.59 Å². The van der Waals surface area contributed by atoms with Crippen LogP contribution >= 0.6 is 0 Å². The number of benzene rings is 1. The Morgan fingerprint density at radius 1 is 1.24 bits per heavy atom. The Kier molecular flexibility index (Phi) is 5.31. The fourth-order valence-corrected chi connectivity index (χ4v) is 3.73. The van der Waals surface area contributed by atoms with Gasteiger partial charge in [-0.05, 0) is 25.0 Å². The molecule has 1 saturated carbocycles. The molecule has 11 heteroatoms. The van der Waals surface area contributed by atoms with Gasteiger partial charge in [0.15, 0.2) is 23.3 Å². The van der Waals surface area contributed by atoms with Gasteiger partial charge in [0.2, 0.25) is 5.91 Å². The Hall–Kier alpha value is -4.50. The van der Waals surface area contributed by atoms with E-state index in [-0.39, 0.29) is 17.5 Å². The number of aromatic nitrogens is 4. The number of amides is 1. The molecule has 2 N–H and O–H groups in total. The molecule has 0 unspecified atom stereocenters. The molecule has 3 aromatic rings. The van der Waals surface area contributed by atoms with Crippen molar-refractivity contribution in [2.75, 3.05) is 24.8 Å². The number of rotatable bonds is 6. The van der Waals surface area contributed by atoms with Crippen LogP contribution in [-0.2, 0) is 16.6 Å². The second kappa shape index (κ2) is 8.45. The first-order chi connectivity index (χ1) is 16.5. The number of aliphatic imine (C=N–C) groups is 1. The number of fused-ring (bicyclic) bond motifs is 1. The first-order valence-electron chi connectivity index (χ1n) is 10.7. The molecule has 0 atom stereocenters. The number of aryl methyl sites for hydroxylation is 1. The third-order valence-corrected chi connectivity index (χ3v) is 5.57. The summed E-state index contributed by atoms with van der Waals surface area (Å²) in [6.45, 7) is 0. The SMILES string of the molecule is COc1c(Nc2cc(NC(=O)C3CC3)nc3c2C(=C=O)N(C)C=N3)cccc1-c1ncn(C)n1. The fourth-order valence-electron chi connectivity index (χ4n) is 3.73. The minimum atomic E-state index is -0.0812. The van der Waals surface area contributed by atoms with Crippen LogP contribution in [0.1, 0.15) is 18.4 Å². The van der Waals surface area contributed by atoms with Crippen LogP contribution in [0.5, 0.6) is 5.75 Å². The third-order valence-electron chi connectivity index (χ3n) is 5.57. The van der Waals surface area contributed by atoms with E-state index in [0.29, 0.717) is 45.7 Å². The van der Waals surface area contributed by atoms with Crippen molar-refractivity contribution < 1.29 is 14.3 Å². The molecule has 0 saturated heterocycles. The van der Waals surface area contributed by atoms with Gasteiger partial charge in [-0.25, -0.2) is 19.8 Å². The van der Waals surface area contributed by atoms with E-state index in [2.05, 4.69) is 30.7 Å². The van der Waals surface area contributed by atoms with E-state index < -0.39 is 0 Å². The lowest BCUT2D eigenvalue weighted by Crippen LogP contribution is -2.21. The molecular weight excluding hydrogens is 436 g/mol. The number of hydrogen-bond donors (Lipinski definition) is 2. The quantitative estimate of drug-likeness (QED) is 0.540. The molecule has 34 heavy (non-hydrogen) atoms. The van der Waals surface area contributed by atoms with Gasteiger partial charge in [0, 0.05) is 26.1 Å². The third kappa shape index (κ3) is 3.89. The number of ether oxygens (including phenoxy) is 1. The van der Waals surface area contributed by atoms with Crippen molar-refractivity contribution in [2.24, 2.45) is 18.0 Å². The number of methoxy groups -OCH3 is 1. The van der Waals surface area contributed by atoms with E-state index in [1.165, 1.54) is 6.34 Å². The van der Waals surface area contributed by atoms with Gasteiger partial charge in [0.05, 0.1) is 36.0 Å². The van der Waals surface area contributed by atoms with Crippen molar-refractivity contribution in [3.05, 3.63) is 36.2 Å². The van der Waals surface area contributed by atoms with Gasteiger partial charge in [-0.3, -0.25) is 9.48 Å². The van der Waals surface area contributed by atoms with E-state index in [4.69, 9.17) is 4.74 Å². The molecule has 0 bridgehead atoms. The van der Waals surface area contributed by atoms with Crippen molar-refractivity contribution in [2.45, 2.75) is 12.8 Å². The molecule has 2 aliphatic rings. The molecule has 1 amide bonds. The first kappa shape index (κ1) is 21.4. The largest absolute Gasteiger partial charge is 0.494 e. The van der Waals surface area contributed by atoms with Gasteiger partial charge < -0.3 is 20.3 Å². The van der Waals surface area contributed by atoms with E-state index in [0.717, 1.165) is 12.8 Å². The lowest BCUT2D eigenvalue weighted by Gasteiger charge is -2.24. The van der Waals surface area contributed by atoms with E-state index in [1.54, 1.807) is 43.2 Å². The summed E-state index contributed by atoms with van der Waals surface area (Å²) in [6, 6.07) is 7.22. The summed E-state index contributed by atoms with van der Waals surface area (Å²) >= 11 is 0. The fraction of sp³-hybridized carbons (Fsp3) is 0.261. The number of nitrogens with one attached hydrogen (secondary N) is 2. The maximum absolute atomic E-state index is 12.4. The zero-order valence-electron chi connectivity index (χ0n) is 18.9. The van der Waals surface area contributed by atoms with Gasteiger partial charge >= 0.3 is 0 Å². The molecule has 2 aromatic heterocycles. The predicted octanol–water partition coefficient (Wildman–Crippen LogP) is 2.76. The summed E-state index contributed by atoms with van der Waals surface area (Å²) in [4.78, 5) is 38.9. The Morgan fingerprint density at radius 2 is 2.06 bits per heavy atom. The summed E-state index contributed by atoms with van der Waals surface area (Å²) in [6.07, 6.45) is 4.83. The average Bonchev–Trinajstić information content (AvgIpc) is 3.60. The summed E-state index contributed by atoms with van der Waals surface area (Å²) < 4.78 is 7.31. The number of pyridine rings is 1. The minimum absolute atomic E-state index is 0.0111. The van der Waals surface area contributed by atoms with Crippen LogP contribution in [-0.4, -0.2) is 57.0 Å². The topological polar surface area (TPSA) is 127 Å². The Balaban J connectivity index is 1.61. The molecule has 3 heterocycles. The Morgan fingerprint density at radius 3 is 2.74 bits per heavy atom. The maximum Gasteiger partial charge on any atom is 0.228 e. The number of nitrogens with zero attached hydrogens (tertiary/aromatic N) is 6. The highest BCUT2D eigenvalue weighted by Crippen LogP contribution is 2.42. The zero-order chi connectivity index (χ0) is 23.8. The van der Waals surface area contributed by atoms with Gasteiger partial charge in [0.25, 0.3) is 0 Å². The second-order valence-electron chi connectivity index (χ2n) is 8.08. The molecule has 11 nitrogen and oxygen atoms in total. The number of anilines is 3. The van der Waals surface area contributed by atoms with Crippen molar-refractivity contribution >= 4 is 46.9 Å². The molecule has 0 spiro atoms. The molecule has 0 radical (unpaired) electrons. The monoisotopic (exact) mass is 458 g/mol. The van der Waals surface area contributed by atoms with Crippen LogP contribution in [0, 0.1) is 5.92 Å². The standard InChI is InChI=1S/C23H22N8O3/c1-30-11-24-22-19(17(30)10-32)16(9-18(27-22)28-23(33)13-7-8-13)26-15-6-4-5-14(20(15)34-3)21-25-12-31(2)29-21/h4-6,9,11-13H,7-8H2,1-3H3,(H2,26,27,28,33). The first-order valence-corrected chi connectivity index (χ1v) is 10.7. The molecule has 172 valence electrons. The minimum Gasteiger partial charge on any atom is -0.494 e. The van der Waals surface area contributed by atoms with Gasteiger partial charge in [-0.2, -0.15) is 5.10 Å². The molecule has 1 fully saturated rings. The van der Waals surface area contributed by atoms with Crippen LogP contribution in [0.25, 0.3) is 17.1 Å². The lowest BCUT2D eigenvalue weighted by molar-refractivity contribution is -0.117. The highest BCUT2D eigenvalue weighted by Gasteiger charge is 2.31.